The summed E-state index contributed by atoms with van der Waals surface area (Å²) in [5, 5.41) is 11.4. The van der Waals surface area contributed by atoms with Gasteiger partial charge in [0.15, 0.2) is 5.69 Å². The van der Waals surface area contributed by atoms with E-state index in [4.69, 9.17) is 10.5 Å². The van der Waals surface area contributed by atoms with Gasteiger partial charge in [0.05, 0.1) is 17.8 Å². The molecule has 0 bridgehead atoms. The molecule has 0 spiro atoms. The fourth-order valence-electron chi connectivity index (χ4n) is 6.29. The molecule has 0 aliphatic carbocycles. The van der Waals surface area contributed by atoms with Crippen LogP contribution >= 0.6 is 0 Å². The molecule has 234 valence electrons. The molecule has 2 aromatic carbocycles. The number of aliphatic hydroxyl groups is 1. The van der Waals surface area contributed by atoms with Crippen molar-refractivity contribution in [1.29, 1.82) is 0 Å². The molecule has 12 heteroatoms. The highest BCUT2D eigenvalue weighted by atomic mass is 19.1. The Labute approximate surface area is 260 Å². The molecule has 0 saturated carbocycles. The Morgan fingerprint density at radius 2 is 1.80 bits per heavy atom. The first-order chi connectivity index (χ1) is 21.8. The summed E-state index contributed by atoms with van der Waals surface area (Å²) >= 11 is 0. The number of likely N-dealkylation sites (tertiary alicyclic amines) is 2. The van der Waals surface area contributed by atoms with Gasteiger partial charge in [-0.1, -0.05) is 30.3 Å². The van der Waals surface area contributed by atoms with Crippen molar-refractivity contribution in [3.8, 4) is 11.6 Å². The summed E-state index contributed by atoms with van der Waals surface area (Å²) in [7, 11) is 0. The third kappa shape index (κ3) is 7.02. The van der Waals surface area contributed by atoms with Crippen molar-refractivity contribution in [2.45, 2.75) is 43.9 Å². The number of carbonyl (C=O) groups is 1. The number of rotatable bonds is 8. The van der Waals surface area contributed by atoms with Crippen LogP contribution in [0.1, 0.15) is 36.4 Å². The van der Waals surface area contributed by atoms with E-state index in [0.29, 0.717) is 38.9 Å². The number of hydrogen-bond acceptors (Lipinski definition) is 9. The van der Waals surface area contributed by atoms with Crippen LogP contribution in [0, 0.1) is 11.7 Å². The smallest absolute Gasteiger partial charge is 0.280 e. The number of aromatic nitrogens is 4. The van der Waals surface area contributed by atoms with E-state index in [9.17, 15) is 19.1 Å². The van der Waals surface area contributed by atoms with Crippen molar-refractivity contribution in [1.82, 2.24) is 29.3 Å². The number of carbonyl (C=O) groups excluding carboxylic acids is 1. The van der Waals surface area contributed by atoms with Gasteiger partial charge in [-0.3, -0.25) is 29.0 Å². The normalized spacial score (nSPS) is 20.1. The maximum Gasteiger partial charge on any atom is 0.280 e. The number of nitrogen functional groups attached to an aromatic ring is 1. The minimum Gasteiger partial charge on any atom is -0.437 e. The van der Waals surface area contributed by atoms with Crippen LogP contribution in [0.5, 0.6) is 11.6 Å². The maximum absolute atomic E-state index is 14.0. The van der Waals surface area contributed by atoms with E-state index >= 15 is 0 Å². The molecule has 45 heavy (non-hydrogen) atoms. The molecule has 4 heterocycles. The standard InChI is InChI=1S/C33H36FN7O4/c34-24-6-8-26(9-7-24)45-30-29(35)32(43)41(22-38-30)21-33(44)11-16-40(17-12-33)31(42)27-10-15-39(19-25-18-36-13-14-37-25)20-28(27)23-4-2-1-3-5-23/h1-9,13-14,18,22,27-28,44H,10-12,15-17,19-21,35H2/t27-,28+/m1/s1. The molecule has 2 saturated heterocycles. The van der Waals surface area contributed by atoms with Crippen molar-refractivity contribution in [3.05, 3.63) is 107 Å². The lowest BCUT2D eigenvalue weighted by Gasteiger charge is -2.43. The number of amides is 1. The lowest BCUT2D eigenvalue weighted by Crippen LogP contribution is -2.53. The Morgan fingerprint density at radius 3 is 2.51 bits per heavy atom. The van der Waals surface area contributed by atoms with Gasteiger partial charge in [0.1, 0.15) is 17.9 Å². The van der Waals surface area contributed by atoms with Gasteiger partial charge in [-0.25, -0.2) is 9.37 Å². The molecule has 4 aromatic rings. The van der Waals surface area contributed by atoms with Crippen LogP contribution in [0.15, 0.2) is 84.3 Å². The van der Waals surface area contributed by atoms with E-state index in [1.54, 1.807) is 18.6 Å². The second kappa shape index (κ2) is 13.1. The minimum atomic E-state index is -1.22. The molecule has 2 aliphatic heterocycles. The van der Waals surface area contributed by atoms with Crippen LogP contribution in [-0.4, -0.2) is 72.1 Å². The Hall–Kier alpha value is -4.68. The summed E-state index contributed by atoms with van der Waals surface area (Å²) in [6.45, 7) is 2.90. The second-order valence-corrected chi connectivity index (χ2v) is 11.8. The molecular weight excluding hydrogens is 577 g/mol. The highest BCUT2D eigenvalue weighted by molar-refractivity contribution is 5.80. The third-order valence-corrected chi connectivity index (χ3v) is 8.78. The number of nitrogens with zero attached hydrogens (tertiary/aromatic N) is 6. The fourth-order valence-corrected chi connectivity index (χ4v) is 6.29. The predicted octanol–water partition coefficient (Wildman–Crippen LogP) is 3.21. The summed E-state index contributed by atoms with van der Waals surface area (Å²) in [6.07, 6.45) is 7.74. The Bertz CT molecular complexity index is 1660. The van der Waals surface area contributed by atoms with Crippen LogP contribution < -0.4 is 16.0 Å². The quantitative estimate of drug-likeness (QED) is 0.307. The second-order valence-electron chi connectivity index (χ2n) is 11.8. The van der Waals surface area contributed by atoms with Crippen LogP contribution in [-0.2, 0) is 17.9 Å². The van der Waals surface area contributed by atoms with E-state index in [0.717, 1.165) is 24.3 Å². The first-order valence-electron chi connectivity index (χ1n) is 15.1. The highest BCUT2D eigenvalue weighted by Crippen LogP contribution is 2.36. The monoisotopic (exact) mass is 613 g/mol. The lowest BCUT2D eigenvalue weighted by molar-refractivity contribution is -0.142. The Morgan fingerprint density at radius 1 is 1.04 bits per heavy atom. The van der Waals surface area contributed by atoms with Gasteiger partial charge >= 0.3 is 0 Å². The number of piperidine rings is 2. The van der Waals surface area contributed by atoms with Gasteiger partial charge < -0.3 is 20.5 Å². The summed E-state index contributed by atoms with van der Waals surface area (Å²) < 4.78 is 20.0. The molecule has 0 unspecified atom stereocenters. The summed E-state index contributed by atoms with van der Waals surface area (Å²) in [4.78, 5) is 43.9. The van der Waals surface area contributed by atoms with Gasteiger partial charge in [0.25, 0.3) is 5.56 Å². The van der Waals surface area contributed by atoms with Crippen LogP contribution in [0.2, 0.25) is 0 Å². The molecule has 1 amide bonds. The van der Waals surface area contributed by atoms with Gasteiger partial charge in [0.2, 0.25) is 11.8 Å². The topological polar surface area (TPSA) is 140 Å². The largest absolute Gasteiger partial charge is 0.437 e. The molecule has 6 rings (SSSR count). The zero-order chi connectivity index (χ0) is 31.4. The predicted molar refractivity (Wildman–Crippen MR) is 165 cm³/mol. The SMILES string of the molecule is Nc1c(Oc2ccc(F)cc2)ncn(CC2(O)CCN(C(=O)[C@@H]3CCN(Cc4cnccn4)C[C@H]3c3ccccc3)CC2)c1=O. The fraction of sp³-hybridized carbons (Fsp3) is 0.364. The lowest BCUT2D eigenvalue weighted by atomic mass is 9.79. The van der Waals surface area contributed by atoms with Crippen molar-refractivity contribution >= 4 is 11.6 Å². The number of ether oxygens (including phenoxy) is 1. The average molecular weight is 614 g/mol. The van der Waals surface area contributed by atoms with E-state index in [-0.39, 0.29) is 41.6 Å². The molecule has 2 atom stereocenters. The molecule has 2 aromatic heterocycles. The Balaban J connectivity index is 1.10. The molecule has 2 aliphatic rings. The highest BCUT2D eigenvalue weighted by Gasteiger charge is 2.41. The van der Waals surface area contributed by atoms with Crippen molar-refractivity contribution < 1.29 is 19.0 Å². The number of benzene rings is 2. The molecule has 2 fully saturated rings. The number of nitrogens with two attached hydrogens (primary N) is 1. The minimum absolute atomic E-state index is 0.0186. The van der Waals surface area contributed by atoms with E-state index in [1.807, 2.05) is 23.1 Å². The Kier molecular flexibility index (Phi) is 8.85. The van der Waals surface area contributed by atoms with Crippen LogP contribution in [0.4, 0.5) is 10.1 Å². The summed E-state index contributed by atoms with van der Waals surface area (Å²) in [5.74, 6) is -0.295. The summed E-state index contributed by atoms with van der Waals surface area (Å²) in [6, 6.07) is 15.4. The van der Waals surface area contributed by atoms with Gasteiger partial charge in [-0.05, 0) is 55.6 Å². The first kappa shape index (κ1) is 30.4. The van der Waals surface area contributed by atoms with E-state index < -0.39 is 17.0 Å². The first-order valence-corrected chi connectivity index (χ1v) is 15.1. The number of hydrogen-bond donors (Lipinski definition) is 2. The molecular formula is C33H36FN7O4. The molecule has 11 nitrogen and oxygen atoms in total. The zero-order valence-electron chi connectivity index (χ0n) is 24.8. The van der Waals surface area contributed by atoms with Gasteiger partial charge in [-0.15, -0.1) is 0 Å². The molecule has 3 N–H and O–H groups in total. The number of anilines is 1. The van der Waals surface area contributed by atoms with Crippen molar-refractivity contribution in [2.24, 2.45) is 5.92 Å². The van der Waals surface area contributed by atoms with Crippen LogP contribution in [0.3, 0.4) is 0 Å². The molecule has 0 radical (unpaired) electrons. The van der Waals surface area contributed by atoms with E-state index in [2.05, 4.69) is 32.0 Å². The third-order valence-electron chi connectivity index (χ3n) is 8.78. The van der Waals surface area contributed by atoms with Crippen molar-refractivity contribution in [2.75, 3.05) is 31.9 Å². The van der Waals surface area contributed by atoms with Crippen LogP contribution in [0.25, 0.3) is 0 Å². The van der Waals surface area contributed by atoms with Gasteiger partial charge in [-0.2, -0.15) is 0 Å². The van der Waals surface area contributed by atoms with Gasteiger partial charge in [0, 0.05) is 56.6 Å². The zero-order valence-corrected chi connectivity index (χ0v) is 24.8. The number of halogens is 1. The van der Waals surface area contributed by atoms with Crippen molar-refractivity contribution in [3.63, 3.8) is 0 Å². The van der Waals surface area contributed by atoms with E-state index in [1.165, 1.54) is 35.2 Å². The maximum atomic E-state index is 14.0. The average Bonchev–Trinajstić information content (AvgIpc) is 3.06. The summed E-state index contributed by atoms with van der Waals surface area (Å²) in [5.41, 5.74) is 6.08.